The summed E-state index contributed by atoms with van der Waals surface area (Å²) in [4.78, 5) is 2.29. The van der Waals surface area contributed by atoms with Crippen molar-refractivity contribution in [3.8, 4) is 0 Å². The fraction of sp³-hybridized carbons (Fsp3) is 1.00. The van der Waals surface area contributed by atoms with Crippen LogP contribution in [0.15, 0.2) is 0 Å². The zero-order valence-corrected chi connectivity index (χ0v) is 9.17. The minimum Gasteiger partial charge on any atom is -0.343 e. The molecule has 0 spiro atoms. The highest BCUT2D eigenvalue weighted by Crippen LogP contribution is 2.29. The minimum absolute atomic E-state index is 0.185. The first-order chi connectivity index (χ1) is 6.11. The predicted octanol–water partition coefficient (Wildman–Crippen LogP) is 1.83. The van der Waals surface area contributed by atoms with Crippen molar-refractivity contribution in [2.75, 3.05) is 20.8 Å². The molecule has 78 valence electrons. The van der Waals surface area contributed by atoms with Crippen molar-refractivity contribution >= 4 is 0 Å². The Hall–Kier alpha value is -0.120. The highest BCUT2D eigenvalue weighted by Gasteiger charge is 2.34. The van der Waals surface area contributed by atoms with Crippen LogP contribution in [0.4, 0.5) is 0 Å². The number of rotatable bonds is 3. The van der Waals surface area contributed by atoms with Gasteiger partial charge in [-0.2, -0.15) is 0 Å². The molecule has 1 saturated heterocycles. The Morgan fingerprint density at radius 2 is 1.77 bits per heavy atom. The summed E-state index contributed by atoms with van der Waals surface area (Å²) >= 11 is 0. The number of ether oxygens (including phenoxy) is 2. The molecule has 0 saturated carbocycles. The lowest BCUT2D eigenvalue weighted by Gasteiger charge is -2.45. The van der Waals surface area contributed by atoms with Crippen molar-refractivity contribution in [3.05, 3.63) is 0 Å². The maximum absolute atomic E-state index is 5.28. The molecule has 1 heterocycles. The summed E-state index contributed by atoms with van der Waals surface area (Å²) in [7, 11) is 3.39. The van der Waals surface area contributed by atoms with Crippen LogP contribution in [0.3, 0.4) is 0 Å². The second-order valence-electron chi connectivity index (χ2n) is 4.24. The van der Waals surface area contributed by atoms with Crippen LogP contribution in [0.5, 0.6) is 0 Å². The minimum atomic E-state index is -0.185. The third kappa shape index (κ3) is 2.42. The summed E-state index contributed by atoms with van der Waals surface area (Å²) in [6, 6.07) is 0. The molecule has 0 aliphatic carbocycles. The van der Waals surface area contributed by atoms with Gasteiger partial charge in [-0.1, -0.05) is 6.42 Å². The van der Waals surface area contributed by atoms with Crippen LogP contribution in [-0.2, 0) is 9.47 Å². The SMILES string of the molecule is COC(OC)N1CCCCC1(C)C. The molecule has 0 aromatic heterocycles. The van der Waals surface area contributed by atoms with Crippen molar-refractivity contribution in [2.24, 2.45) is 0 Å². The van der Waals surface area contributed by atoms with E-state index in [-0.39, 0.29) is 12.0 Å². The van der Waals surface area contributed by atoms with E-state index < -0.39 is 0 Å². The first-order valence-corrected chi connectivity index (χ1v) is 4.94. The van der Waals surface area contributed by atoms with Crippen LogP contribution in [0, 0.1) is 0 Å². The predicted molar refractivity (Wildman–Crippen MR) is 52.4 cm³/mol. The van der Waals surface area contributed by atoms with Crippen molar-refractivity contribution < 1.29 is 9.47 Å². The maximum atomic E-state index is 5.28. The zero-order valence-electron chi connectivity index (χ0n) is 9.17. The monoisotopic (exact) mass is 187 g/mol. The Bertz CT molecular complexity index is 155. The van der Waals surface area contributed by atoms with Gasteiger partial charge in [-0.3, -0.25) is 0 Å². The van der Waals surface area contributed by atoms with Crippen LogP contribution in [0.2, 0.25) is 0 Å². The van der Waals surface area contributed by atoms with Crippen LogP contribution in [0.25, 0.3) is 0 Å². The van der Waals surface area contributed by atoms with Crippen molar-refractivity contribution in [1.82, 2.24) is 4.90 Å². The van der Waals surface area contributed by atoms with E-state index in [0.717, 1.165) is 6.54 Å². The molecule has 1 aliphatic heterocycles. The lowest BCUT2D eigenvalue weighted by atomic mass is 9.91. The molecule has 3 nitrogen and oxygen atoms in total. The first kappa shape index (κ1) is 11.0. The average molecular weight is 187 g/mol. The van der Waals surface area contributed by atoms with Gasteiger partial charge in [0.2, 0.25) is 6.41 Å². The molecule has 0 aromatic carbocycles. The van der Waals surface area contributed by atoms with Crippen LogP contribution in [-0.4, -0.2) is 37.6 Å². The lowest BCUT2D eigenvalue weighted by molar-refractivity contribution is -0.228. The summed E-state index contributed by atoms with van der Waals surface area (Å²) in [5, 5.41) is 0. The first-order valence-electron chi connectivity index (χ1n) is 4.94. The third-order valence-electron chi connectivity index (χ3n) is 2.87. The molecule has 0 radical (unpaired) electrons. The number of hydrogen-bond donors (Lipinski definition) is 0. The van der Waals surface area contributed by atoms with Gasteiger partial charge in [0.05, 0.1) is 0 Å². The number of methoxy groups -OCH3 is 2. The average Bonchev–Trinajstić information content (AvgIpc) is 2.09. The van der Waals surface area contributed by atoms with Gasteiger partial charge in [-0.05, 0) is 26.7 Å². The van der Waals surface area contributed by atoms with Gasteiger partial charge in [-0.15, -0.1) is 0 Å². The Balaban J connectivity index is 2.63. The topological polar surface area (TPSA) is 21.7 Å². The van der Waals surface area contributed by atoms with Gasteiger partial charge in [0, 0.05) is 26.3 Å². The van der Waals surface area contributed by atoms with E-state index in [1.807, 2.05) is 0 Å². The van der Waals surface area contributed by atoms with Crippen LogP contribution in [0.1, 0.15) is 33.1 Å². The molecular formula is C10H21NO2. The lowest BCUT2D eigenvalue weighted by Crippen LogP contribution is -2.53. The Labute approximate surface area is 81.0 Å². The maximum Gasteiger partial charge on any atom is 0.218 e. The Morgan fingerprint density at radius 3 is 2.23 bits per heavy atom. The number of likely N-dealkylation sites (tertiary alicyclic amines) is 1. The summed E-state index contributed by atoms with van der Waals surface area (Å²) in [5.41, 5.74) is 0.203. The molecule has 3 heteroatoms. The van der Waals surface area contributed by atoms with E-state index in [1.54, 1.807) is 14.2 Å². The second-order valence-corrected chi connectivity index (χ2v) is 4.24. The molecule has 0 N–H and O–H groups in total. The smallest absolute Gasteiger partial charge is 0.218 e. The van der Waals surface area contributed by atoms with Gasteiger partial charge >= 0.3 is 0 Å². The second kappa shape index (κ2) is 4.40. The molecule has 0 unspecified atom stereocenters. The van der Waals surface area contributed by atoms with E-state index in [4.69, 9.17) is 9.47 Å². The van der Waals surface area contributed by atoms with Gasteiger partial charge in [-0.25, -0.2) is 4.90 Å². The third-order valence-corrected chi connectivity index (χ3v) is 2.87. The summed E-state index contributed by atoms with van der Waals surface area (Å²) in [6.45, 7) is 5.56. The van der Waals surface area contributed by atoms with E-state index in [9.17, 15) is 0 Å². The van der Waals surface area contributed by atoms with Crippen molar-refractivity contribution in [1.29, 1.82) is 0 Å². The molecular weight excluding hydrogens is 166 g/mol. The number of hydrogen-bond acceptors (Lipinski definition) is 3. The normalized spacial score (nSPS) is 23.8. The summed E-state index contributed by atoms with van der Waals surface area (Å²) in [6.07, 6.45) is 3.59. The standard InChI is InChI=1S/C10H21NO2/c1-10(2)7-5-6-8-11(10)9(12-3)13-4/h9H,5-8H2,1-4H3. The summed E-state index contributed by atoms with van der Waals surface area (Å²) in [5.74, 6) is 0. The van der Waals surface area contributed by atoms with Gasteiger partial charge in [0.1, 0.15) is 0 Å². The van der Waals surface area contributed by atoms with E-state index >= 15 is 0 Å². The quantitative estimate of drug-likeness (QED) is 0.629. The van der Waals surface area contributed by atoms with E-state index in [2.05, 4.69) is 18.7 Å². The highest BCUT2D eigenvalue weighted by molar-refractivity contribution is 4.85. The van der Waals surface area contributed by atoms with Gasteiger partial charge < -0.3 is 9.47 Å². The van der Waals surface area contributed by atoms with Gasteiger partial charge in [0.25, 0.3) is 0 Å². The molecule has 1 rings (SSSR count). The highest BCUT2D eigenvalue weighted by atomic mass is 16.7. The van der Waals surface area contributed by atoms with E-state index in [1.165, 1.54) is 19.3 Å². The Kier molecular flexibility index (Phi) is 3.71. The molecule has 0 amide bonds. The van der Waals surface area contributed by atoms with E-state index in [0.29, 0.717) is 0 Å². The van der Waals surface area contributed by atoms with Crippen LogP contribution >= 0.6 is 0 Å². The fourth-order valence-electron chi connectivity index (χ4n) is 2.03. The summed E-state index contributed by atoms with van der Waals surface area (Å²) < 4.78 is 10.6. The molecule has 1 fully saturated rings. The number of piperidine rings is 1. The Morgan fingerprint density at radius 1 is 1.15 bits per heavy atom. The fourth-order valence-corrected chi connectivity index (χ4v) is 2.03. The molecule has 0 aromatic rings. The number of nitrogens with zero attached hydrogens (tertiary/aromatic N) is 1. The van der Waals surface area contributed by atoms with Crippen molar-refractivity contribution in [2.45, 2.75) is 45.1 Å². The van der Waals surface area contributed by atoms with Crippen molar-refractivity contribution in [3.63, 3.8) is 0 Å². The molecule has 0 atom stereocenters. The molecule has 1 aliphatic rings. The van der Waals surface area contributed by atoms with Gasteiger partial charge in [0.15, 0.2) is 0 Å². The largest absolute Gasteiger partial charge is 0.343 e. The van der Waals surface area contributed by atoms with Crippen LogP contribution < -0.4 is 0 Å². The zero-order chi connectivity index (χ0) is 9.90. The molecule has 13 heavy (non-hydrogen) atoms. The molecule has 0 bridgehead atoms.